The molecule has 0 bridgehead atoms. The molecule has 0 aliphatic rings. The van der Waals surface area contributed by atoms with Crippen molar-refractivity contribution in [3.63, 3.8) is 0 Å². The van der Waals surface area contributed by atoms with E-state index in [4.69, 9.17) is 0 Å². The van der Waals surface area contributed by atoms with Gasteiger partial charge >= 0.3 is 0 Å². The molecule has 3 nitrogen and oxygen atoms in total. The Morgan fingerprint density at radius 2 is 1.71 bits per heavy atom. The van der Waals surface area contributed by atoms with Gasteiger partial charge in [-0.15, -0.1) is 0 Å². The fraction of sp³-hybridized carbons (Fsp3) is 0.235. The van der Waals surface area contributed by atoms with Crippen molar-refractivity contribution in [2.75, 3.05) is 6.54 Å². The fourth-order valence-electron chi connectivity index (χ4n) is 2.21. The molecule has 128 valence electrons. The van der Waals surface area contributed by atoms with Gasteiger partial charge in [-0.05, 0) is 42.3 Å². The predicted molar refractivity (Wildman–Crippen MR) is 79.0 cm³/mol. The monoisotopic (exact) mass is 341 g/mol. The van der Waals surface area contributed by atoms with Gasteiger partial charge in [-0.3, -0.25) is 4.79 Å². The zero-order chi connectivity index (χ0) is 17.7. The number of nitrogens with one attached hydrogen (secondary N) is 1. The van der Waals surface area contributed by atoms with E-state index in [1.54, 1.807) is 0 Å². The molecule has 2 aromatic carbocycles. The highest BCUT2D eigenvalue weighted by molar-refractivity contribution is 5.76. The van der Waals surface area contributed by atoms with Crippen LogP contribution in [0.15, 0.2) is 36.4 Å². The molecule has 0 saturated carbocycles. The lowest BCUT2D eigenvalue weighted by Crippen LogP contribution is -2.29. The highest BCUT2D eigenvalue weighted by Gasteiger charge is 2.18. The van der Waals surface area contributed by atoms with Crippen molar-refractivity contribution in [2.45, 2.75) is 18.9 Å². The number of aliphatic hydroxyl groups excluding tert-OH is 1. The zero-order valence-electron chi connectivity index (χ0n) is 12.5. The van der Waals surface area contributed by atoms with Gasteiger partial charge in [-0.2, -0.15) is 0 Å². The molecule has 2 rings (SSSR count). The minimum atomic E-state index is -1.55. The van der Waals surface area contributed by atoms with E-state index in [-0.39, 0.29) is 18.4 Å². The van der Waals surface area contributed by atoms with Crippen LogP contribution in [0.3, 0.4) is 0 Å². The lowest BCUT2D eigenvalue weighted by Gasteiger charge is -2.14. The fourth-order valence-corrected chi connectivity index (χ4v) is 2.21. The molecule has 7 heteroatoms. The van der Waals surface area contributed by atoms with Crippen LogP contribution in [0, 0.1) is 23.3 Å². The van der Waals surface area contributed by atoms with Gasteiger partial charge in [-0.25, -0.2) is 17.6 Å². The lowest BCUT2D eigenvalue weighted by atomic mass is 10.1. The molecule has 24 heavy (non-hydrogen) atoms. The molecule has 0 aromatic heterocycles. The van der Waals surface area contributed by atoms with Crippen molar-refractivity contribution in [3.05, 3.63) is 70.8 Å². The maximum Gasteiger partial charge on any atom is 0.220 e. The van der Waals surface area contributed by atoms with E-state index in [1.165, 1.54) is 0 Å². The summed E-state index contributed by atoms with van der Waals surface area (Å²) in [7, 11) is 0. The molecule has 0 saturated heterocycles. The maximum atomic E-state index is 13.5. The summed E-state index contributed by atoms with van der Waals surface area (Å²) in [5.41, 5.74) is -0.486. The minimum Gasteiger partial charge on any atom is -0.386 e. The van der Waals surface area contributed by atoms with Crippen molar-refractivity contribution in [1.82, 2.24) is 5.32 Å². The van der Waals surface area contributed by atoms with Crippen LogP contribution in [0.1, 0.15) is 23.7 Å². The van der Waals surface area contributed by atoms with Gasteiger partial charge in [0.2, 0.25) is 5.91 Å². The summed E-state index contributed by atoms with van der Waals surface area (Å²) in [5, 5.41) is 12.1. The zero-order valence-corrected chi connectivity index (χ0v) is 12.5. The smallest absolute Gasteiger partial charge is 0.220 e. The second-order valence-corrected chi connectivity index (χ2v) is 5.19. The number of halogens is 4. The summed E-state index contributed by atoms with van der Waals surface area (Å²) >= 11 is 0. The second-order valence-electron chi connectivity index (χ2n) is 5.19. The number of carbonyl (C=O) groups excluding carboxylic acids is 1. The summed E-state index contributed by atoms with van der Waals surface area (Å²) in [6.07, 6.45) is -1.76. The number of amides is 1. The number of hydrogen-bond donors (Lipinski definition) is 2. The van der Waals surface area contributed by atoms with E-state index in [0.29, 0.717) is 0 Å². The minimum absolute atomic E-state index is 0.0421. The van der Waals surface area contributed by atoms with Gasteiger partial charge in [0.1, 0.15) is 29.4 Å². The second kappa shape index (κ2) is 7.92. The van der Waals surface area contributed by atoms with Gasteiger partial charge < -0.3 is 10.4 Å². The molecular weight excluding hydrogens is 326 g/mol. The molecule has 1 unspecified atom stereocenters. The van der Waals surface area contributed by atoms with Crippen molar-refractivity contribution in [1.29, 1.82) is 0 Å². The van der Waals surface area contributed by atoms with E-state index >= 15 is 0 Å². The molecule has 0 spiro atoms. The van der Waals surface area contributed by atoms with Gasteiger partial charge in [0.05, 0.1) is 5.56 Å². The number of benzene rings is 2. The lowest BCUT2D eigenvalue weighted by molar-refractivity contribution is -0.121. The molecule has 2 aromatic rings. The summed E-state index contributed by atoms with van der Waals surface area (Å²) in [5.74, 6) is -3.64. The molecule has 0 heterocycles. The summed E-state index contributed by atoms with van der Waals surface area (Å²) in [4.78, 5) is 11.7. The molecule has 0 aliphatic carbocycles. The van der Waals surface area contributed by atoms with Gasteiger partial charge in [0, 0.05) is 13.0 Å². The topological polar surface area (TPSA) is 49.3 Å². The SMILES string of the molecule is O=C(CCc1cc(F)ccc1F)NCC(O)c1c(F)cccc1F. The molecular formula is C17H15F4NO2. The first-order chi connectivity index (χ1) is 11.4. The van der Waals surface area contributed by atoms with Gasteiger partial charge in [0.25, 0.3) is 0 Å². The quantitative estimate of drug-likeness (QED) is 0.794. The average Bonchev–Trinajstić information content (AvgIpc) is 2.53. The van der Waals surface area contributed by atoms with Crippen LogP contribution >= 0.6 is 0 Å². The third kappa shape index (κ3) is 4.55. The highest BCUT2D eigenvalue weighted by Crippen LogP contribution is 2.20. The van der Waals surface area contributed by atoms with E-state index < -0.39 is 47.4 Å². The van der Waals surface area contributed by atoms with Crippen molar-refractivity contribution in [2.24, 2.45) is 0 Å². The molecule has 1 amide bonds. The molecule has 0 radical (unpaired) electrons. The standard InChI is InChI=1S/C17H15F4NO2/c18-11-5-6-12(19)10(8-11)4-7-16(24)22-9-15(23)17-13(20)2-1-3-14(17)21/h1-3,5-6,8,15,23H,4,7,9H2,(H,22,24). The van der Waals surface area contributed by atoms with Crippen molar-refractivity contribution in [3.8, 4) is 0 Å². The number of aryl methyl sites for hydroxylation is 1. The highest BCUT2D eigenvalue weighted by atomic mass is 19.1. The van der Waals surface area contributed by atoms with Gasteiger partial charge in [-0.1, -0.05) is 6.07 Å². The number of aliphatic hydroxyl groups is 1. The van der Waals surface area contributed by atoms with Crippen LogP contribution in [0.5, 0.6) is 0 Å². The van der Waals surface area contributed by atoms with Crippen LogP contribution < -0.4 is 5.32 Å². The number of rotatable bonds is 6. The summed E-state index contributed by atoms with van der Waals surface area (Å²) in [6, 6.07) is 6.08. The van der Waals surface area contributed by atoms with Gasteiger partial charge in [0.15, 0.2) is 0 Å². The Morgan fingerprint density at radius 3 is 2.38 bits per heavy atom. The molecule has 2 N–H and O–H groups in total. The average molecular weight is 341 g/mol. The number of hydrogen-bond acceptors (Lipinski definition) is 2. The maximum absolute atomic E-state index is 13.5. The predicted octanol–water partition coefficient (Wildman–Crippen LogP) is 3.03. The molecule has 1 atom stereocenters. The van der Waals surface area contributed by atoms with Crippen LogP contribution in [-0.4, -0.2) is 17.6 Å². The van der Waals surface area contributed by atoms with Crippen molar-refractivity contribution >= 4 is 5.91 Å². The van der Waals surface area contributed by atoms with Crippen LogP contribution in [0.4, 0.5) is 17.6 Å². The summed E-state index contributed by atoms with van der Waals surface area (Å²) < 4.78 is 53.4. The number of carbonyl (C=O) groups is 1. The first-order valence-electron chi connectivity index (χ1n) is 7.21. The normalized spacial score (nSPS) is 12.0. The third-order valence-corrected chi connectivity index (χ3v) is 3.45. The Hall–Kier alpha value is -2.41. The Balaban J connectivity index is 1.88. The largest absolute Gasteiger partial charge is 0.386 e. The van der Waals surface area contributed by atoms with E-state index in [0.717, 1.165) is 36.4 Å². The first-order valence-corrected chi connectivity index (χ1v) is 7.21. The first kappa shape index (κ1) is 17.9. The Labute approximate surface area is 135 Å². The Bertz CT molecular complexity index is 716. The van der Waals surface area contributed by atoms with E-state index in [2.05, 4.69) is 5.32 Å². The third-order valence-electron chi connectivity index (χ3n) is 3.45. The van der Waals surface area contributed by atoms with Crippen LogP contribution in [-0.2, 0) is 11.2 Å². The summed E-state index contributed by atoms with van der Waals surface area (Å²) in [6.45, 7) is -0.400. The molecule has 0 aliphatic heterocycles. The molecule has 0 fully saturated rings. The van der Waals surface area contributed by atoms with Crippen LogP contribution in [0.25, 0.3) is 0 Å². The Kier molecular flexibility index (Phi) is 5.92. The van der Waals surface area contributed by atoms with E-state index in [9.17, 15) is 27.5 Å². The van der Waals surface area contributed by atoms with E-state index in [1.807, 2.05) is 0 Å². The van der Waals surface area contributed by atoms with Crippen LogP contribution in [0.2, 0.25) is 0 Å². The Morgan fingerprint density at radius 1 is 1.04 bits per heavy atom. The van der Waals surface area contributed by atoms with Crippen molar-refractivity contribution < 1.29 is 27.5 Å².